The highest BCUT2D eigenvalue weighted by Gasteiger charge is 2.42. The van der Waals surface area contributed by atoms with Gasteiger partial charge in [0.2, 0.25) is 5.91 Å². The van der Waals surface area contributed by atoms with Crippen molar-refractivity contribution in [3.05, 3.63) is 0 Å². The second kappa shape index (κ2) is 5.25. The molecule has 1 aliphatic carbocycles. The molecule has 16 heavy (non-hydrogen) atoms. The molecular formula is C10H15ClF3NO. The van der Waals surface area contributed by atoms with Crippen LogP contribution in [0, 0.1) is 5.92 Å². The highest BCUT2D eigenvalue weighted by atomic mass is 35.5. The van der Waals surface area contributed by atoms with Crippen LogP contribution in [0.5, 0.6) is 0 Å². The molecule has 1 N–H and O–H groups in total. The van der Waals surface area contributed by atoms with Crippen molar-refractivity contribution in [1.82, 2.24) is 5.32 Å². The van der Waals surface area contributed by atoms with Gasteiger partial charge in [-0.2, -0.15) is 13.2 Å². The van der Waals surface area contributed by atoms with Gasteiger partial charge in [-0.05, 0) is 26.2 Å². The van der Waals surface area contributed by atoms with E-state index in [9.17, 15) is 18.0 Å². The Hall–Kier alpha value is -0.450. The van der Waals surface area contributed by atoms with E-state index in [0.29, 0.717) is 12.8 Å². The molecule has 2 nitrogen and oxygen atoms in total. The standard InChI is InChI=1S/C10H15ClF3NO/c1-6(11)9(16)15-8-4-2-3-7(5-8)10(12,13)14/h6-8H,2-5H2,1H3,(H,15,16). The molecule has 1 fully saturated rings. The predicted octanol–water partition coefficient (Wildman–Crippen LogP) is 2.85. The Balaban J connectivity index is 2.48. The molecule has 6 heteroatoms. The molecule has 0 aromatic rings. The summed E-state index contributed by atoms with van der Waals surface area (Å²) >= 11 is 5.54. The number of halogens is 4. The maximum Gasteiger partial charge on any atom is 0.391 e. The van der Waals surface area contributed by atoms with Crippen molar-refractivity contribution in [2.75, 3.05) is 0 Å². The van der Waals surface area contributed by atoms with Gasteiger partial charge in [0.1, 0.15) is 5.38 Å². The van der Waals surface area contributed by atoms with Gasteiger partial charge in [0.25, 0.3) is 0 Å². The zero-order chi connectivity index (χ0) is 12.3. The summed E-state index contributed by atoms with van der Waals surface area (Å²) in [5.41, 5.74) is 0. The molecule has 1 saturated carbocycles. The van der Waals surface area contributed by atoms with Gasteiger partial charge >= 0.3 is 6.18 Å². The van der Waals surface area contributed by atoms with Crippen LogP contribution in [0.25, 0.3) is 0 Å². The molecule has 1 amide bonds. The largest absolute Gasteiger partial charge is 0.391 e. The Morgan fingerprint density at radius 2 is 2.06 bits per heavy atom. The molecule has 3 unspecified atom stereocenters. The number of hydrogen-bond donors (Lipinski definition) is 1. The fourth-order valence-electron chi connectivity index (χ4n) is 1.93. The van der Waals surface area contributed by atoms with Crippen molar-refractivity contribution in [1.29, 1.82) is 0 Å². The van der Waals surface area contributed by atoms with Crippen LogP contribution in [0.1, 0.15) is 32.6 Å². The lowest BCUT2D eigenvalue weighted by Crippen LogP contribution is -2.43. The Kier molecular flexibility index (Phi) is 4.47. The summed E-state index contributed by atoms with van der Waals surface area (Å²) in [7, 11) is 0. The number of amides is 1. The summed E-state index contributed by atoms with van der Waals surface area (Å²) < 4.78 is 37.4. The number of rotatable bonds is 2. The lowest BCUT2D eigenvalue weighted by molar-refractivity contribution is -0.184. The minimum Gasteiger partial charge on any atom is -0.352 e. The first-order valence-electron chi connectivity index (χ1n) is 5.32. The maximum atomic E-state index is 12.5. The fraction of sp³-hybridized carbons (Fsp3) is 0.900. The predicted molar refractivity (Wildman–Crippen MR) is 55.3 cm³/mol. The Labute approximate surface area is 97.5 Å². The zero-order valence-electron chi connectivity index (χ0n) is 8.98. The molecule has 1 aliphatic rings. The van der Waals surface area contributed by atoms with Crippen molar-refractivity contribution in [3.63, 3.8) is 0 Å². The maximum absolute atomic E-state index is 12.5. The van der Waals surface area contributed by atoms with Crippen LogP contribution in [-0.4, -0.2) is 23.5 Å². The second-order valence-electron chi connectivity index (χ2n) is 4.23. The molecule has 0 aromatic carbocycles. The van der Waals surface area contributed by atoms with Crippen molar-refractivity contribution in [2.45, 2.75) is 50.2 Å². The van der Waals surface area contributed by atoms with Crippen molar-refractivity contribution < 1.29 is 18.0 Å². The van der Waals surface area contributed by atoms with Crippen molar-refractivity contribution >= 4 is 17.5 Å². The summed E-state index contributed by atoms with van der Waals surface area (Å²) in [6.07, 6.45) is -2.94. The Morgan fingerprint density at radius 3 is 2.56 bits per heavy atom. The third kappa shape index (κ3) is 3.85. The molecule has 94 valence electrons. The van der Waals surface area contributed by atoms with Crippen LogP contribution < -0.4 is 5.32 Å². The second-order valence-corrected chi connectivity index (χ2v) is 4.88. The van der Waals surface area contributed by atoms with Gasteiger partial charge < -0.3 is 5.32 Å². The highest BCUT2D eigenvalue weighted by Crippen LogP contribution is 2.37. The minimum absolute atomic E-state index is 0.0289. The van der Waals surface area contributed by atoms with E-state index in [1.54, 1.807) is 0 Å². The summed E-state index contributed by atoms with van der Waals surface area (Å²) in [5.74, 6) is -1.69. The molecule has 0 bridgehead atoms. The quantitative estimate of drug-likeness (QED) is 0.758. The topological polar surface area (TPSA) is 29.1 Å². The lowest BCUT2D eigenvalue weighted by Gasteiger charge is -2.31. The molecule has 1 rings (SSSR count). The first-order valence-corrected chi connectivity index (χ1v) is 5.75. The monoisotopic (exact) mass is 257 g/mol. The van der Waals surface area contributed by atoms with Crippen LogP contribution in [0.2, 0.25) is 0 Å². The van der Waals surface area contributed by atoms with Crippen LogP contribution in [0.15, 0.2) is 0 Å². The number of carbonyl (C=O) groups is 1. The van der Waals surface area contributed by atoms with E-state index < -0.39 is 29.4 Å². The van der Waals surface area contributed by atoms with Gasteiger partial charge in [-0.1, -0.05) is 6.42 Å². The summed E-state index contributed by atoms with van der Waals surface area (Å²) in [5, 5.41) is 1.85. The van der Waals surface area contributed by atoms with Crippen LogP contribution in [0.3, 0.4) is 0 Å². The SMILES string of the molecule is CC(Cl)C(=O)NC1CCCC(C(F)(F)F)C1. The van der Waals surface area contributed by atoms with Gasteiger partial charge in [0, 0.05) is 6.04 Å². The van der Waals surface area contributed by atoms with Crippen LogP contribution in [0.4, 0.5) is 13.2 Å². The van der Waals surface area contributed by atoms with Crippen LogP contribution in [-0.2, 0) is 4.79 Å². The average molecular weight is 258 g/mol. The summed E-state index contributed by atoms with van der Waals surface area (Å²) in [6, 6.07) is -0.394. The van der Waals surface area contributed by atoms with Gasteiger partial charge in [0.05, 0.1) is 5.92 Å². The third-order valence-corrected chi connectivity index (χ3v) is 3.04. The number of alkyl halides is 4. The fourth-order valence-corrected chi connectivity index (χ4v) is 2.00. The van der Waals surface area contributed by atoms with Gasteiger partial charge in [-0.25, -0.2) is 0 Å². The molecule has 3 atom stereocenters. The normalized spacial score (nSPS) is 28.6. The van der Waals surface area contributed by atoms with Gasteiger partial charge in [-0.15, -0.1) is 11.6 Å². The minimum atomic E-state index is -4.16. The van der Waals surface area contributed by atoms with Crippen molar-refractivity contribution in [3.8, 4) is 0 Å². The van der Waals surface area contributed by atoms with Gasteiger partial charge in [-0.3, -0.25) is 4.79 Å². The van der Waals surface area contributed by atoms with E-state index in [2.05, 4.69) is 5.32 Å². The summed E-state index contributed by atoms with van der Waals surface area (Å²) in [6.45, 7) is 1.50. The number of carbonyl (C=O) groups excluding carboxylic acids is 1. The van der Waals surface area contributed by atoms with E-state index in [4.69, 9.17) is 11.6 Å². The summed E-state index contributed by atoms with van der Waals surface area (Å²) in [4.78, 5) is 11.2. The molecular weight excluding hydrogens is 243 g/mol. The number of hydrogen-bond acceptors (Lipinski definition) is 1. The average Bonchev–Trinajstić information content (AvgIpc) is 2.16. The van der Waals surface area contributed by atoms with E-state index in [1.165, 1.54) is 6.92 Å². The Morgan fingerprint density at radius 1 is 1.44 bits per heavy atom. The van der Waals surface area contributed by atoms with E-state index >= 15 is 0 Å². The molecule has 0 radical (unpaired) electrons. The Bertz CT molecular complexity index is 255. The van der Waals surface area contributed by atoms with E-state index in [0.717, 1.165) is 0 Å². The molecule has 0 heterocycles. The number of nitrogens with one attached hydrogen (secondary N) is 1. The van der Waals surface area contributed by atoms with Gasteiger partial charge in [0.15, 0.2) is 0 Å². The third-order valence-electron chi connectivity index (χ3n) is 2.84. The first-order chi connectivity index (χ1) is 7.30. The molecule has 0 aliphatic heterocycles. The molecule has 0 spiro atoms. The van der Waals surface area contributed by atoms with E-state index in [1.807, 2.05) is 0 Å². The highest BCUT2D eigenvalue weighted by molar-refractivity contribution is 6.30. The molecule has 0 saturated heterocycles. The zero-order valence-corrected chi connectivity index (χ0v) is 9.74. The first kappa shape index (κ1) is 13.6. The molecule has 0 aromatic heterocycles. The van der Waals surface area contributed by atoms with E-state index in [-0.39, 0.29) is 12.8 Å². The lowest BCUT2D eigenvalue weighted by atomic mass is 9.85. The van der Waals surface area contributed by atoms with Crippen LogP contribution >= 0.6 is 11.6 Å². The van der Waals surface area contributed by atoms with Crippen molar-refractivity contribution in [2.24, 2.45) is 5.92 Å². The smallest absolute Gasteiger partial charge is 0.352 e.